The van der Waals surface area contributed by atoms with Crippen molar-refractivity contribution in [2.24, 2.45) is 0 Å². The van der Waals surface area contributed by atoms with Gasteiger partial charge in [0, 0.05) is 46.2 Å². The van der Waals surface area contributed by atoms with Crippen molar-refractivity contribution >= 4 is 69.2 Å². The van der Waals surface area contributed by atoms with Crippen molar-refractivity contribution in [1.29, 1.82) is 0 Å². The van der Waals surface area contributed by atoms with Crippen LogP contribution >= 0.6 is 57.1 Å². The first-order chi connectivity index (χ1) is 24.7. The molecule has 0 atom stereocenters. The van der Waals surface area contributed by atoms with E-state index < -0.39 is 0 Å². The van der Waals surface area contributed by atoms with Crippen LogP contribution in [0.4, 0.5) is 0 Å². The van der Waals surface area contributed by atoms with Crippen LogP contribution in [-0.2, 0) is 23.7 Å². The van der Waals surface area contributed by atoms with E-state index in [1.165, 1.54) is 22.3 Å². The van der Waals surface area contributed by atoms with Crippen molar-refractivity contribution < 1.29 is 4.74 Å². The molecule has 2 aliphatic rings. The summed E-state index contributed by atoms with van der Waals surface area (Å²) in [5.74, 6) is 1.03. The minimum absolute atomic E-state index is 0.159. The molecule has 0 saturated carbocycles. The Morgan fingerprint density at radius 3 is 1.62 bits per heavy atom. The summed E-state index contributed by atoms with van der Waals surface area (Å²) in [5, 5.41) is 47.0. The van der Waals surface area contributed by atoms with Crippen molar-refractivity contribution in [3.8, 4) is 28.8 Å². The van der Waals surface area contributed by atoms with Crippen LogP contribution in [0, 0.1) is 0 Å². The first kappa shape index (κ1) is 31.1. The first-order valence-corrected chi connectivity index (χ1v) is 19.9. The summed E-state index contributed by atoms with van der Waals surface area (Å²) in [5.41, 5.74) is 11.4. The van der Waals surface area contributed by atoms with Crippen LogP contribution in [-0.4, -0.2) is 56.9 Å². The van der Waals surface area contributed by atoms with Gasteiger partial charge in [-0.25, -0.2) is 0 Å². The number of rotatable bonds is 7. The number of aromatic nitrogens is 10. The van der Waals surface area contributed by atoms with E-state index in [2.05, 4.69) is 141 Å². The largest absolute Gasteiger partial charge is 0.479 e. The smallest absolute Gasteiger partial charge is 0.255 e. The highest BCUT2D eigenvalue weighted by Gasteiger charge is 2.39. The average Bonchev–Trinajstić information content (AvgIpc) is 4.02. The summed E-state index contributed by atoms with van der Waals surface area (Å²) < 4.78 is 13.9. The molecule has 248 valence electrons. The SMILES string of the molecule is C1=CC(c2ccsc2)(c2ccsc2)Cc2[nH]nc(-c3nn[nH]n3)c21.COc1nsnc1-c1n[nH]c2c1C=CC(c1ccsc1)(c1ccsc1)C2. The lowest BCUT2D eigenvalue weighted by Gasteiger charge is -2.32. The summed E-state index contributed by atoms with van der Waals surface area (Å²) in [6, 6.07) is 8.83. The molecule has 3 N–H and O–H groups in total. The van der Waals surface area contributed by atoms with Crippen LogP contribution in [0.3, 0.4) is 0 Å². The number of tetrazole rings is 1. The molecule has 11 nitrogen and oxygen atoms in total. The molecule has 8 heterocycles. The molecular weight excluding hydrogens is 725 g/mol. The molecule has 0 amide bonds. The zero-order chi connectivity index (χ0) is 33.5. The van der Waals surface area contributed by atoms with Crippen LogP contribution in [0.2, 0.25) is 0 Å². The van der Waals surface area contributed by atoms with E-state index in [4.69, 9.17) is 4.74 Å². The molecule has 0 saturated heterocycles. The van der Waals surface area contributed by atoms with Crippen molar-refractivity contribution in [2.45, 2.75) is 23.7 Å². The summed E-state index contributed by atoms with van der Waals surface area (Å²) in [6.07, 6.45) is 10.5. The molecule has 2 aliphatic carbocycles. The maximum absolute atomic E-state index is 5.32. The number of fused-ring (bicyclic) bond motifs is 2. The number of thiophene rings is 4. The summed E-state index contributed by atoms with van der Waals surface area (Å²) in [6.45, 7) is 0. The third-order valence-corrected chi connectivity index (χ3v) is 12.6. The second-order valence-electron chi connectivity index (χ2n) is 11.8. The minimum Gasteiger partial charge on any atom is -0.479 e. The Labute approximate surface area is 305 Å². The van der Waals surface area contributed by atoms with Gasteiger partial charge in [0.05, 0.1) is 18.8 Å². The standard InChI is InChI=1S/C18H14N4OS3.C16H12N6S2/c1-23-17-16(21-26-22-17)15-13-2-5-18(8-14(13)19-20-15,11-3-6-24-9-11)12-4-7-25-10-12;1-4-16(10-2-5-23-8-10,11-3-6-24-9-11)7-13-12(1)14(18-17-13)15-19-21-22-20-15/h2-7,9-10H,8H2,1H3,(H,19,20);1-6,8-9H,7H2,(H,17,18)(H,19,20,21,22). The highest BCUT2D eigenvalue weighted by molar-refractivity contribution is 7.08. The molecule has 0 spiro atoms. The van der Waals surface area contributed by atoms with Gasteiger partial charge in [0.25, 0.3) is 5.88 Å². The van der Waals surface area contributed by atoms with Gasteiger partial charge in [-0.15, -0.1) is 14.6 Å². The molecule has 0 unspecified atom stereocenters. The van der Waals surface area contributed by atoms with Crippen molar-refractivity contribution in [3.63, 3.8) is 0 Å². The molecule has 16 heteroatoms. The van der Waals surface area contributed by atoms with E-state index in [0.29, 0.717) is 17.4 Å². The molecule has 8 aromatic rings. The van der Waals surface area contributed by atoms with E-state index in [1.807, 2.05) is 0 Å². The van der Waals surface area contributed by atoms with Crippen LogP contribution in [0.1, 0.15) is 44.8 Å². The lowest BCUT2D eigenvalue weighted by Crippen LogP contribution is -2.29. The first-order valence-electron chi connectivity index (χ1n) is 15.4. The van der Waals surface area contributed by atoms with Crippen LogP contribution in [0.15, 0.2) is 79.5 Å². The normalized spacial score (nSPS) is 15.3. The molecule has 0 radical (unpaired) electrons. The number of ether oxygens (including phenoxy) is 1. The molecule has 0 aromatic carbocycles. The van der Waals surface area contributed by atoms with Crippen molar-refractivity contribution in [1.82, 2.24) is 49.8 Å². The summed E-state index contributed by atoms with van der Waals surface area (Å²) in [4.78, 5) is 0. The Hall–Kier alpha value is -4.87. The Bertz CT molecular complexity index is 2310. The third-order valence-electron chi connectivity index (χ3n) is 9.32. The fraction of sp³-hybridized carbons (Fsp3) is 0.147. The zero-order valence-electron chi connectivity index (χ0n) is 26.2. The maximum atomic E-state index is 5.32. The Kier molecular flexibility index (Phi) is 7.96. The Balaban J connectivity index is 0.000000135. The van der Waals surface area contributed by atoms with Gasteiger partial charge < -0.3 is 4.74 Å². The minimum atomic E-state index is -0.165. The number of hydrogen-bond donors (Lipinski definition) is 3. The van der Waals surface area contributed by atoms with E-state index in [-0.39, 0.29) is 10.8 Å². The summed E-state index contributed by atoms with van der Waals surface area (Å²) >= 11 is 8.04. The fourth-order valence-electron chi connectivity index (χ4n) is 6.80. The van der Waals surface area contributed by atoms with E-state index in [1.54, 1.807) is 52.5 Å². The van der Waals surface area contributed by atoms with E-state index in [9.17, 15) is 0 Å². The zero-order valence-corrected chi connectivity index (χ0v) is 30.3. The number of hydrogen-bond acceptors (Lipinski definition) is 13. The van der Waals surface area contributed by atoms with Gasteiger partial charge >= 0.3 is 0 Å². The van der Waals surface area contributed by atoms with Crippen LogP contribution in [0.5, 0.6) is 5.88 Å². The van der Waals surface area contributed by atoms with Crippen LogP contribution in [0.25, 0.3) is 35.1 Å². The van der Waals surface area contributed by atoms with Gasteiger partial charge in [0.2, 0.25) is 5.82 Å². The predicted octanol–water partition coefficient (Wildman–Crippen LogP) is 7.88. The Morgan fingerprint density at radius 2 is 1.16 bits per heavy atom. The topological polar surface area (TPSA) is 147 Å². The highest BCUT2D eigenvalue weighted by atomic mass is 32.1. The molecule has 0 bridgehead atoms. The second-order valence-corrected chi connectivity index (χ2v) is 15.4. The van der Waals surface area contributed by atoms with Crippen molar-refractivity contribution in [3.05, 3.63) is 124 Å². The molecule has 10 rings (SSSR count). The van der Waals surface area contributed by atoms with Gasteiger partial charge in [-0.2, -0.15) is 65.1 Å². The monoisotopic (exact) mass is 750 g/mol. The third kappa shape index (κ3) is 5.13. The van der Waals surface area contributed by atoms with Gasteiger partial charge in [0.15, 0.2) is 5.69 Å². The second kappa shape index (κ2) is 12.8. The van der Waals surface area contributed by atoms with Gasteiger partial charge in [-0.3, -0.25) is 10.2 Å². The number of methoxy groups -OCH3 is 1. The maximum Gasteiger partial charge on any atom is 0.255 e. The number of H-pyrrole nitrogens is 3. The molecule has 0 aliphatic heterocycles. The highest BCUT2D eigenvalue weighted by Crippen LogP contribution is 2.46. The number of aromatic amines is 3. The number of allylic oxidation sites excluding steroid dienone is 2. The van der Waals surface area contributed by atoms with Gasteiger partial charge in [-0.1, -0.05) is 24.3 Å². The molecule has 8 aromatic heterocycles. The lowest BCUT2D eigenvalue weighted by atomic mass is 9.70. The summed E-state index contributed by atoms with van der Waals surface area (Å²) in [7, 11) is 1.60. The van der Waals surface area contributed by atoms with Crippen LogP contribution < -0.4 is 4.74 Å². The molecule has 0 fully saturated rings. The van der Waals surface area contributed by atoms with E-state index >= 15 is 0 Å². The van der Waals surface area contributed by atoms with E-state index in [0.717, 1.165) is 58.5 Å². The Morgan fingerprint density at radius 1 is 0.640 bits per heavy atom. The molecular formula is C34H26N10OS5. The number of nitrogens with one attached hydrogen (secondary N) is 3. The van der Waals surface area contributed by atoms with Gasteiger partial charge in [-0.05, 0) is 94.8 Å². The van der Waals surface area contributed by atoms with Gasteiger partial charge in [0.1, 0.15) is 11.4 Å². The lowest BCUT2D eigenvalue weighted by molar-refractivity contribution is 0.403. The predicted molar refractivity (Wildman–Crippen MR) is 200 cm³/mol. The molecule has 50 heavy (non-hydrogen) atoms. The number of nitrogens with zero attached hydrogens (tertiary/aromatic N) is 7. The van der Waals surface area contributed by atoms with Crippen molar-refractivity contribution in [2.75, 3.05) is 7.11 Å². The fourth-order valence-corrected chi connectivity index (χ4v) is 10.3. The average molecular weight is 751 g/mol. The quantitative estimate of drug-likeness (QED) is 0.149.